The summed E-state index contributed by atoms with van der Waals surface area (Å²) in [5.74, 6) is -4.32. The lowest BCUT2D eigenvalue weighted by Crippen LogP contribution is -2.25. The van der Waals surface area contributed by atoms with Gasteiger partial charge in [0.2, 0.25) is 26.7 Å². The number of rotatable bonds is 14. The average Bonchev–Trinajstić information content (AvgIpc) is 3.86. The SMILES string of the molecule is C.CCOP(C)(=O)C(C(=O)N/C=C/c1ccc(F)c(F)c1)c1csc2ccc(Cl)cc12.CCOP(C)(=O)Cc1csc2ccc(Cl)cc12.O=C=N/C=C/c1ccc(F)c(F)c1.[B].[B][B]B([B])[B].[B][B][B]. The van der Waals surface area contributed by atoms with E-state index in [1.54, 1.807) is 42.4 Å². The Morgan fingerprint density at radius 2 is 1.30 bits per heavy atom. The fourth-order valence-electron chi connectivity index (χ4n) is 5.66. The van der Waals surface area contributed by atoms with Gasteiger partial charge in [-0.25, -0.2) is 22.4 Å². The minimum absolute atomic E-state index is 0. The van der Waals surface area contributed by atoms with Crippen molar-refractivity contribution < 1.29 is 45.3 Å². The normalized spacial score (nSPS) is 12.4. The van der Waals surface area contributed by atoms with Crippen LogP contribution in [-0.4, -0.2) is 106 Å². The highest BCUT2D eigenvalue weighted by molar-refractivity contribution is 7.61. The van der Waals surface area contributed by atoms with E-state index in [2.05, 4.69) is 25.8 Å². The zero-order chi connectivity index (χ0) is 51.0. The van der Waals surface area contributed by atoms with E-state index in [-0.39, 0.29) is 22.4 Å². The van der Waals surface area contributed by atoms with Crippen LogP contribution >= 0.6 is 60.6 Å². The highest BCUT2D eigenvalue weighted by atomic mass is 35.5. The molecule has 2 heterocycles. The number of aliphatic imine (C=N–C) groups is 1. The first-order valence-electron chi connectivity index (χ1n) is 19.8. The summed E-state index contributed by atoms with van der Waals surface area (Å²) in [6.07, 6.45) is 6.53. The Hall–Kier alpha value is -3.61. The van der Waals surface area contributed by atoms with Crippen molar-refractivity contribution in [3.05, 3.63) is 152 Å². The molecule has 0 aliphatic heterocycles. The number of hydrogen-bond acceptors (Lipinski definition) is 9. The number of carbonyl (C=O) groups excluding carboxylic acids is 2. The maximum atomic E-state index is 13.3. The van der Waals surface area contributed by atoms with Crippen LogP contribution in [0, 0.1) is 23.3 Å². The van der Waals surface area contributed by atoms with Crippen molar-refractivity contribution in [2.75, 3.05) is 26.5 Å². The van der Waals surface area contributed by atoms with Gasteiger partial charge in [0.05, 0.1) is 19.4 Å². The van der Waals surface area contributed by atoms with Crippen LogP contribution in [0.2, 0.25) is 10.0 Å². The summed E-state index contributed by atoms with van der Waals surface area (Å²) in [5, 5.41) is 9.43. The van der Waals surface area contributed by atoms with Gasteiger partial charge < -0.3 is 14.4 Å². The third kappa shape index (κ3) is 22.9. The molecule has 0 saturated carbocycles. The van der Waals surface area contributed by atoms with E-state index < -0.39 is 56.0 Å². The topological polar surface area (TPSA) is 111 Å². The van der Waals surface area contributed by atoms with E-state index in [0.29, 0.717) is 39.5 Å². The molecule has 3 atom stereocenters. The lowest BCUT2D eigenvalue weighted by Gasteiger charge is -2.22. The molecule has 70 heavy (non-hydrogen) atoms. The number of thiophene rings is 2. The second-order valence-electron chi connectivity index (χ2n) is 13.7. The van der Waals surface area contributed by atoms with Crippen LogP contribution in [0.3, 0.4) is 0 Å². The number of fused-ring (bicyclic) bond motifs is 2. The number of nitrogens with zero attached hydrogens (tertiary/aromatic N) is 1. The summed E-state index contributed by atoms with van der Waals surface area (Å²) in [4.78, 5) is 25.8. The van der Waals surface area contributed by atoms with Gasteiger partial charge in [0.25, 0.3) is 0 Å². The fourth-order valence-corrected chi connectivity index (χ4v) is 11.5. The summed E-state index contributed by atoms with van der Waals surface area (Å²) in [6.45, 7) is 7.34. The monoisotopic (exact) mass is 1050 g/mol. The zero-order valence-electron chi connectivity index (χ0n) is 37.7. The van der Waals surface area contributed by atoms with Crippen molar-refractivity contribution in [2.45, 2.75) is 33.1 Å². The van der Waals surface area contributed by atoms with Gasteiger partial charge in [0.15, 0.2) is 23.3 Å². The Bertz CT molecular complexity index is 2790. The van der Waals surface area contributed by atoms with Crippen LogP contribution in [0.1, 0.15) is 49.2 Å². The molecule has 351 valence electrons. The molecule has 0 saturated heterocycles. The lowest BCUT2D eigenvalue weighted by molar-refractivity contribution is -0.120. The van der Waals surface area contributed by atoms with E-state index in [0.717, 1.165) is 58.6 Å². The molecule has 1 amide bonds. The standard InChI is InChI=1S/C21H19ClF2NO3PS.C12H14ClO2PS.C9H5F2NO.CH4.B5.B3.B/c1-3-28-29(2,27)20(16-12-30-19-7-5-14(22)11-15(16)19)21(26)25-9-8-13-4-6-17(23)18(24)10-13;1-3-15-16(2,14)7-9-8-17-12-5-4-10(13)6-11(9)12;10-8-2-1-7(5-9(8)11)3-4-12-6-13;;1-4-5(2)3;1-3-2;/h4-12,20H,3H2,1-2H3,(H,25,26);4-6,8H,3,7H2,1-2H3;1-5H;1H4;;;/b9-8+;;4-3+;;;;. The number of nitrogens with one attached hydrogen (secondary N) is 1. The molecule has 3 unspecified atom stereocenters. The number of carbonyl (C=O) groups is 1. The van der Waals surface area contributed by atoms with Crippen LogP contribution in [-0.2, 0) is 33.9 Å². The van der Waals surface area contributed by atoms with Crippen molar-refractivity contribution >= 4 is 173 Å². The fraction of sp³-hybridized carbons (Fsp3) is 0.209. The smallest absolute Gasteiger partial charge is 0.241 e. The van der Waals surface area contributed by atoms with Crippen molar-refractivity contribution in [1.82, 2.24) is 5.32 Å². The van der Waals surface area contributed by atoms with Gasteiger partial charge in [-0.15, -0.1) is 22.7 Å². The maximum Gasteiger partial charge on any atom is 0.241 e. The van der Waals surface area contributed by atoms with Crippen LogP contribution in [0.4, 0.5) is 17.6 Å². The largest absolute Gasteiger partial charge is 0.332 e. The predicted octanol–water partition coefficient (Wildman–Crippen LogP) is 11.1. The number of isocyanates is 1. The maximum absolute atomic E-state index is 13.3. The first-order valence-corrected chi connectivity index (χ1v) is 26.8. The van der Waals surface area contributed by atoms with Crippen LogP contribution < -0.4 is 5.32 Å². The van der Waals surface area contributed by atoms with E-state index in [9.17, 15) is 36.3 Å². The van der Waals surface area contributed by atoms with Gasteiger partial charge in [0.1, 0.15) is 5.66 Å². The second-order valence-corrected chi connectivity index (χ2v) is 21.6. The van der Waals surface area contributed by atoms with E-state index in [1.807, 2.05) is 36.6 Å². The molecule has 0 aliphatic rings. The highest BCUT2D eigenvalue weighted by Gasteiger charge is 2.38. The molecule has 1 N–H and O–H groups in total. The summed E-state index contributed by atoms with van der Waals surface area (Å²) in [7, 11) is 19.9. The van der Waals surface area contributed by atoms with E-state index >= 15 is 0 Å². The number of halogens is 6. The average molecular weight is 1050 g/mol. The lowest BCUT2D eigenvalue weighted by atomic mass is 8.97. The molecule has 0 fully saturated rings. The van der Waals surface area contributed by atoms with Crippen molar-refractivity contribution in [2.24, 2.45) is 4.99 Å². The van der Waals surface area contributed by atoms with Gasteiger partial charge in [0, 0.05) is 113 Å². The molecular formula is C43H42B9Cl2F4N2O6P2S2. The van der Waals surface area contributed by atoms with E-state index in [4.69, 9.17) is 55.5 Å². The third-order valence-corrected chi connectivity index (χ3v) is 14.8. The Balaban J connectivity index is 0.00000101. The van der Waals surface area contributed by atoms with Gasteiger partial charge in [-0.05, 0) is 130 Å². The third-order valence-electron chi connectivity index (χ3n) is 8.44. The number of hydrogen-bond donors (Lipinski definition) is 1. The Labute approximate surface area is 436 Å². The zero-order valence-corrected chi connectivity index (χ0v) is 42.6. The summed E-state index contributed by atoms with van der Waals surface area (Å²) >= 11 is 15.2. The number of amides is 1. The molecule has 2 aromatic heterocycles. The molecule has 4 aromatic carbocycles. The molecule has 6 aromatic rings. The Kier molecular flexibility index (Phi) is 32.2. The van der Waals surface area contributed by atoms with Crippen LogP contribution in [0.15, 0.2) is 101 Å². The molecule has 0 spiro atoms. The van der Waals surface area contributed by atoms with Crippen molar-refractivity contribution in [3.8, 4) is 0 Å². The minimum atomic E-state index is -3.39. The van der Waals surface area contributed by atoms with Crippen molar-refractivity contribution in [3.63, 3.8) is 0 Å². The quantitative estimate of drug-likeness (QED) is 0.0382. The Morgan fingerprint density at radius 1 is 0.814 bits per heavy atom. The van der Waals surface area contributed by atoms with Gasteiger partial charge in [-0.1, -0.05) is 42.8 Å². The molecule has 8 nitrogen and oxygen atoms in total. The molecule has 6 rings (SSSR count). The molecule has 15 radical (unpaired) electrons. The van der Waals surface area contributed by atoms with Gasteiger partial charge in [-0.2, -0.15) is 4.99 Å². The van der Waals surface area contributed by atoms with Gasteiger partial charge >= 0.3 is 0 Å². The summed E-state index contributed by atoms with van der Waals surface area (Å²) in [6, 6.07) is 17.9. The first-order chi connectivity index (χ1) is 32.2. The predicted molar refractivity (Wildman–Crippen MR) is 296 cm³/mol. The summed E-state index contributed by atoms with van der Waals surface area (Å²) < 4.78 is 89.6. The highest BCUT2D eigenvalue weighted by Crippen LogP contribution is 2.59. The summed E-state index contributed by atoms with van der Waals surface area (Å²) in [5.41, 5.74) is 1.36. The van der Waals surface area contributed by atoms with Crippen LogP contribution in [0.25, 0.3) is 32.3 Å². The second kappa shape index (κ2) is 33.9. The molecular weight excluding hydrogens is 1010 g/mol. The van der Waals surface area contributed by atoms with Gasteiger partial charge in [-0.3, -0.25) is 13.9 Å². The molecule has 0 bridgehead atoms. The Morgan fingerprint density at radius 3 is 1.79 bits per heavy atom. The minimum Gasteiger partial charge on any atom is -0.332 e. The van der Waals surface area contributed by atoms with E-state index in [1.165, 1.54) is 66.3 Å². The van der Waals surface area contributed by atoms with Crippen LogP contribution in [0.5, 0.6) is 0 Å². The molecule has 27 heteroatoms. The molecule has 0 aliphatic carbocycles. The first kappa shape index (κ1) is 66.4. The van der Waals surface area contributed by atoms with Crippen molar-refractivity contribution in [1.29, 1.82) is 0 Å². The number of benzene rings is 4.